The van der Waals surface area contributed by atoms with Crippen molar-refractivity contribution in [3.05, 3.63) is 24.0 Å². The number of methoxy groups -OCH3 is 1. The van der Waals surface area contributed by atoms with E-state index in [1.165, 1.54) is 7.11 Å². The summed E-state index contributed by atoms with van der Waals surface area (Å²) in [5.41, 5.74) is 0.949. The second kappa shape index (κ2) is 6.24. The van der Waals surface area contributed by atoms with Gasteiger partial charge in [-0.25, -0.2) is 4.39 Å². The van der Waals surface area contributed by atoms with Crippen LogP contribution in [-0.2, 0) is 0 Å². The molecule has 106 valence electrons. The molecule has 1 aromatic carbocycles. The van der Waals surface area contributed by atoms with E-state index in [4.69, 9.17) is 4.74 Å². The highest BCUT2D eigenvalue weighted by atomic mass is 19.1. The second-order valence-electron chi connectivity index (χ2n) is 5.48. The minimum absolute atomic E-state index is 0.288. The molecular weight excluding hydrogens is 243 g/mol. The monoisotopic (exact) mass is 266 g/mol. The molecule has 0 aliphatic carbocycles. The molecule has 3 nitrogen and oxygen atoms in total. The topological polar surface area (TPSA) is 24.5 Å². The highest BCUT2D eigenvalue weighted by Crippen LogP contribution is 2.27. The maximum Gasteiger partial charge on any atom is 0.167 e. The molecule has 0 bridgehead atoms. The maximum atomic E-state index is 13.7. The van der Waals surface area contributed by atoms with Gasteiger partial charge in [-0.15, -0.1) is 0 Å². The molecule has 1 heterocycles. The lowest BCUT2D eigenvalue weighted by Crippen LogP contribution is -2.30. The third-order valence-corrected chi connectivity index (χ3v) is 3.60. The van der Waals surface area contributed by atoms with Crippen LogP contribution < -0.4 is 15.0 Å². The van der Waals surface area contributed by atoms with Gasteiger partial charge in [-0.1, -0.05) is 13.8 Å². The van der Waals surface area contributed by atoms with Crippen LogP contribution >= 0.6 is 0 Å². The quantitative estimate of drug-likeness (QED) is 0.886. The van der Waals surface area contributed by atoms with Crippen molar-refractivity contribution in [2.75, 3.05) is 31.6 Å². The molecule has 4 heteroatoms. The zero-order valence-electron chi connectivity index (χ0n) is 11.9. The van der Waals surface area contributed by atoms with Crippen molar-refractivity contribution in [1.29, 1.82) is 0 Å². The van der Waals surface area contributed by atoms with Crippen molar-refractivity contribution in [3.63, 3.8) is 0 Å². The summed E-state index contributed by atoms with van der Waals surface area (Å²) in [7, 11) is 1.49. The summed E-state index contributed by atoms with van der Waals surface area (Å²) in [5.74, 6) is 0.664. The fourth-order valence-electron chi connectivity index (χ4n) is 2.49. The molecule has 1 aliphatic heterocycles. The lowest BCUT2D eigenvalue weighted by atomic mass is 10.1. The molecule has 2 rings (SSSR count). The van der Waals surface area contributed by atoms with Gasteiger partial charge in [0.1, 0.15) is 0 Å². The van der Waals surface area contributed by atoms with E-state index < -0.39 is 0 Å². The van der Waals surface area contributed by atoms with Crippen LogP contribution in [0.1, 0.15) is 20.3 Å². The van der Waals surface area contributed by atoms with Crippen molar-refractivity contribution in [3.8, 4) is 5.75 Å². The molecule has 0 aromatic heterocycles. The van der Waals surface area contributed by atoms with Crippen molar-refractivity contribution in [2.45, 2.75) is 26.3 Å². The molecule has 0 saturated carbocycles. The lowest BCUT2D eigenvalue weighted by molar-refractivity contribution is 0.386. The van der Waals surface area contributed by atoms with Gasteiger partial charge < -0.3 is 15.0 Å². The molecule has 19 heavy (non-hydrogen) atoms. The Morgan fingerprint density at radius 2 is 2.26 bits per heavy atom. The van der Waals surface area contributed by atoms with Crippen molar-refractivity contribution >= 4 is 5.69 Å². The number of halogens is 1. The predicted octanol–water partition coefficient (Wildman–Crippen LogP) is 2.66. The van der Waals surface area contributed by atoms with Gasteiger partial charge in [0.25, 0.3) is 0 Å². The van der Waals surface area contributed by atoms with E-state index in [0.29, 0.717) is 17.7 Å². The van der Waals surface area contributed by atoms with Crippen molar-refractivity contribution < 1.29 is 9.13 Å². The van der Waals surface area contributed by atoms with Gasteiger partial charge in [-0.3, -0.25) is 0 Å². The first-order valence-corrected chi connectivity index (χ1v) is 6.92. The van der Waals surface area contributed by atoms with E-state index in [0.717, 1.165) is 31.7 Å². The molecule has 1 atom stereocenters. The van der Waals surface area contributed by atoms with E-state index in [2.05, 4.69) is 24.1 Å². The summed E-state index contributed by atoms with van der Waals surface area (Å²) in [6, 6.07) is 5.72. The van der Waals surface area contributed by atoms with Crippen LogP contribution in [0.2, 0.25) is 0 Å². The van der Waals surface area contributed by atoms with E-state index >= 15 is 0 Å². The number of ether oxygens (including phenoxy) is 1. The van der Waals surface area contributed by atoms with Crippen molar-refractivity contribution in [2.24, 2.45) is 5.92 Å². The van der Waals surface area contributed by atoms with Crippen LogP contribution in [0.25, 0.3) is 0 Å². The van der Waals surface area contributed by atoms with Gasteiger partial charge in [0, 0.05) is 30.9 Å². The minimum Gasteiger partial charge on any atom is -0.494 e. The van der Waals surface area contributed by atoms with Crippen LogP contribution in [0.5, 0.6) is 5.75 Å². The average Bonchev–Trinajstić information content (AvgIpc) is 2.85. The number of rotatable bonds is 5. The minimum atomic E-state index is -0.288. The summed E-state index contributed by atoms with van der Waals surface area (Å²) in [5, 5.41) is 3.47. The first kappa shape index (κ1) is 14.1. The molecule has 0 spiro atoms. The fourth-order valence-corrected chi connectivity index (χ4v) is 2.49. The third-order valence-electron chi connectivity index (χ3n) is 3.60. The Balaban J connectivity index is 1.95. The lowest BCUT2D eigenvalue weighted by Gasteiger charge is -2.20. The van der Waals surface area contributed by atoms with E-state index in [1.807, 2.05) is 6.07 Å². The molecule has 0 radical (unpaired) electrons. The Morgan fingerprint density at radius 3 is 2.89 bits per heavy atom. The Hall–Kier alpha value is -1.29. The SMILES string of the molecule is COc1ccc(N2CCC(CNC(C)C)C2)cc1F. The standard InChI is InChI=1S/C15H23FN2O/c1-11(2)17-9-12-6-7-18(10-12)13-4-5-15(19-3)14(16)8-13/h4-5,8,11-12,17H,6-7,9-10H2,1-3H3. The first-order chi connectivity index (χ1) is 9.10. The Labute approximate surface area is 114 Å². The van der Waals surface area contributed by atoms with Gasteiger partial charge in [0.2, 0.25) is 0 Å². The smallest absolute Gasteiger partial charge is 0.167 e. The summed E-state index contributed by atoms with van der Waals surface area (Å²) in [6.07, 6.45) is 1.16. The van der Waals surface area contributed by atoms with Gasteiger partial charge in [-0.05, 0) is 31.0 Å². The molecule has 1 aromatic rings. The van der Waals surface area contributed by atoms with Crippen LogP contribution in [0.4, 0.5) is 10.1 Å². The van der Waals surface area contributed by atoms with E-state index in [9.17, 15) is 4.39 Å². The van der Waals surface area contributed by atoms with Gasteiger partial charge >= 0.3 is 0 Å². The Bertz CT molecular complexity index is 423. The zero-order valence-corrected chi connectivity index (χ0v) is 11.9. The van der Waals surface area contributed by atoms with Crippen molar-refractivity contribution in [1.82, 2.24) is 5.32 Å². The molecule has 1 fully saturated rings. The average molecular weight is 266 g/mol. The number of benzene rings is 1. The molecule has 0 amide bonds. The predicted molar refractivity (Wildman–Crippen MR) is 76.4 cm³/mol. The Morgan fingerprint density at radius 1 is 1.47 bits per heavy atom. The van der Waals surface area contributed by atoms with Gasteiger partial charge in [-0.2, -0.15) is 0 Å². The van der Waals surface area contributed by atoms with Gasteiger partial charge in [0.15, 0.2) is 11.6 Å². The largest absolute Gasteiger partial charge is 0.494 e. The van der Waals surface area contributed by atoms with Gasteiger partial charge in [0.05, 0.1) is 7.11 Å². The third kappa shape index (κ3) is 3.60. The summed E-state index contributed by atoms with van der Waals surface area (Å²) in [6.45, 7) is 7.34. The highest BCUT2D eigenvalue weighted by molar-refractivity contribution is 5.50. The van der Waals surface area contributed by atoms with Crippen LogP contribution in [0, 0.1) is 11.7 Å². The second-order valence-corrected chi connectivity index (χ2v) is 5.48. The summed E-state index contributed by atoms with van der Waals surface area (Å²) < 4.78 is 18.6. The number of nitrogens with zero attached hydrogens (tertiary/aromatic N) is 1. The highest BCUT2D eigenvalue weighted by Gasteiger charge is 2.23. The summed E-state index contributed by atoms with van der Waals surface area (Å²) in [4.78, 5) is 2.25. The summed E-state index contributed by atoms with van der Waals surface area (Å²) >= 11 is 0. The normalized spacial score (nSPS) is 19.2. The molecule has 1 unspecified atom stereocenters. The Kier molecular flexibility index (Phi) is 4.64. The van der Waals surface area contributed by atoms with Crippen LogP contribution in [0.3, 0.4) is 0 Å². The van der Waals surface area contributed by atoms with E-state index in [1.54, 1.807) is 12.1 Å². The molecule has 1 N–H and O–H groups in total. The molecule has 1 saturated heterocycles. The first-order valence-electron chi connectivity index (χ1n) is 6.92. The molecular formula is C15H23FN2O. The maximum absolute atomic E-state index is 13.7. The zero-order chi connectivity index (χ0) is 13.8. The fraction of sp³-hybridized carbons (Fsp3) is 0.600. The van der Waals surface area contributed by atoms with Crippen LogP contribution in [-0.4, -0.2) is 32.8 Å². The number of nitrogens with one attached hydrogen (secondary N) is 1. The number of hydrogen-bond donors (Lipinski definition) is 1. The number of hydrogen-bond acceptors (Lipinski definition) is 3. The molecule has 1 aliphatic rings. The van der Waals surface area contributed by atoms with Crippen LogP contribution in [0.15, 0.2) is 18.2 Å². The van der Waals surface area contributed by atoms with E-state index in [-0.39, 0.29) is 5.82 Å². The number of anilines is 1.